The minimum Gasteiger partial charge on any atom is -0.348 e. The quantitative estimate of drug-likeness (QED) is 0.714. The molecule has 0 saturated carbocycles. The van der Waals surface area contributed by atoms with Crippen molar-refractivity contribution in [2.45, 2.75) is 25.9 Å². The summed E-state index contributed by atoms with van der Waals surface area (Å²) in [6, 6.07) is 14.6. The number of nitrogens with one attached hydrogen (secondary N) is 1. The normalized spacial score (nSPS) is 12.1. The first-order valence-electron chi connectivity index (χ1n) is 7.96. The van der Waals surface area contributed by atoms with E-state index in [0.29, 0.717) is 10.9 Å². The molecule has 0 radical (unpaired) electrons. The summed E-state index contributed by atoms with van der Waals surface area (Å²) in [4.78, 5) is 24.8. The first-order chi connectivity index (χ1) is 12.1. The van der Waals surface area contributed by atoms with E-state index in [-0.39, 0.29) is 24.1 Å². The molecule has 7 heteroatoms. The van der Waals surface area contributed by atoms with Gasteiger partial charge in [-0.15, -0.1) is 5.10 Å². The lowest BCUT2D eigenvalue weighted by molar-refractivity contribution is -0.122. The van der Waals surface area contributed by atoms with Gasteiger partial charge in [0, 0.05) is 4.47 Å². The predicted molar refractivity (Wildman–Crippen MR) is 99.1 cm³/mol. The number of carbonyl (C=O) groups excluding carboxylic acids is 1. The van der Waals surface area contributed by atoms with Crippen LogP contribution in [0.5, 0.6) is 0 Å². The van der Waals surface area contributed by atoms with E-state index in [0.717, 1.165) is 21.1 Å². The van der Waals surface area contributed by atoms with Crippen LogP contribution in [0.1, 0.15) is 24.9 Å². The van der Waals surface area contributed by atoms with E-state index in [1.807, 2.05) is 31.2 Å². The van der Waals surface area contributed by atoms with Gasteiger partial charge in [-0.2, -0.15) is 0 Å². The third-order valence-electron chi connectivity index (χ3n) is 3.94. The molecule has 1 atom stereocenters. The van der Waals surface area contributed by atoms with Gasteiger partial charge in [0.15, 0.2) is 0 Å². The molecule has 128 valence electrons. The molecular weight excluding hydrogens is 384 g/mol. The van der Waals surface area contributed by atoms with Crippen molar-refractivity contribution in [3.05, 3.63) is 68.9 Å². The standard InChI is InChI=1S/C18H17BrN4O2/c1-2-15(12-7-9-13(19)10-8-12)20-17(24)11-23-18(25)14-5-3-4-6-16(14)21-22-23/h3-10,15H,2,11H2,1H3,(H,20,24)/t15-/m0/s1. The Morgan fingerprint density at radius 3 is 2.64 bits per heavy atom. The molecule has 0 aliphatic heterocycles. The molecule has 0 fully saturated rings. The lowest BCUT2D eigenvalue weighted by atomic mass is 10.0. The number of rotatable bonds is 5. The van der Waals surface area contributed by atoms with Gasteiger partial charge < -0.3 is 5.32 Å². The van der Waals surface area contributed by atoms with Gasteiger partial charge in [0.2, 0.25) is 5.91 Å². The molecule has 25 heavy (non-hydrogen) atoms. The van der Waals surface area contributed by atoms with Crippen LogP contribution in [0.4, 0.5) is 0 Å². The predicted octanol–water partition coefficient (Wildman–Crippen LogP) is 2.82. The number of carbonyl (C=O) groups is 1. The van der Waals surface area contributed by atoms with Gasteiger partial charge in [0.25, 0.3) is 5.56 Å². The van der Waals surface area contributed by atoms with E-state index in [2.05, 4.69) is 31.6 Å². The smallest absolute Gasteiger partial charge is 0.278 e. The molecule has 0 aliphatic carbocycles. The highest BCUT2D eigenvalue weighted by molar-refractivity contribution is 9.10. The summed E-state index contributed by atoms with van der Waals surface area (Å²) in [6.45, 7) is 1.83. The van der Waals surface area contributed by atoms with Gasteiger partial charge >= 0.3 is 0 Å². The summed E-state index contributed by atoms with van der Waals surface area (Å²) in [7, 11) is 0. The highest BCUT2D eigenvalue weighted by Gasteiger charge is 2.15. The molecule has 1 aromatic heterocycles. The van der Waals surface area contributed by atoms with Crippen LogP contribution in [-0.2, 0) is 11.3 Å². The second-order valence-corrected chi connectivity index (χ2v) is 6.56. The number of hydrogen-bond acceptors (Lipinski definition) is 4. The van der Waals surface area contributed by atoms with Crippen molar-refractivity contribution >= 4 is 32.7 Å². The summed E-state index contributed by atoms with van der Waals surface area (Å²) in [5.41, 5.74) is 1.21. The van der Waals surface area contributed by atoms with Crippen molar-refractivity contribution in [2.24, 2.45) is 0 Å². The minimum absolute atomic E-state index is 0.121. The van der Waals surface area contributed by atoms with Gasteiger partial charge in [-0.25, -0.2) is 4.68 Å². The first kappa shape index (κ1) is 17.3. The summed E-state index contributed by atoms with van der Waals surface area (Å²) in [6.07, 6.45) is 0.742. The maximum Gasteiger partial charge on any atom is 0.278 e. The topological polar surface area (TPSA) is 76.9 Å². The average molecular weight is 401 g/mol. The van der Waals surface area contributed by atoms with Crippen LogP contribution in [0.3, 0.4) is 0 Å². The van der Waals surface area contributed by atoms with Crippen molar-refractivity contribution in [3.8, 4) is 0 Å². The highest BCUT2D eigenvalue weighted by atomic mass is 79.9. The Bertz CT molecular complexity index is 953. The van der Waals surface area contributed by atoms with E-state index in [1.165, 1.54) is 0 Å². The summed E-state index contributed by atoms with van der Waals surface area (Å²) in [5.74, 6) is -0.276. The van der Waals surface area contributed by atoms with E-state index >= 15 is 0 Å². The Labute approximate surface area is 153 Å². The minimum atomic E-state index is -0.322. The van der Waals surface area contributed by atoms with E-state index in [4.69, 9.17) is 0 Å². The SMILES string of the molecule is CC[C@H](NC(=O)Cn1nnc2ccccc2c1=O)c1ccc(Br)cc1. The van der Waals surface area contributed by atoms with E-state index < -0.39 is 0 Å². The number of fused-ring (bicyclic) bond motifs is 1. The third kappa shape index (κ3) is 3.93. The largest absolute Gasteiger partial charge is 0.348 e. The molecule has 3 rings (SSSR count). The fourth-order valence-corrected chi connectivity index (χ4v) is 2.88. The molecule has 2 aromatic carbocycles. The number of benzene rings is 2. The molecule has 0 bridgehead atoms. The maximum absolute atomic E-state index is 12.4. The van der Waals surface area contributed by atoms with Crippen molar-refractivity contribution < 1.29 is 4.79 Å². The van der Waals surface area contributed by atoms with Crippen LogP contribution in [-0.4, -0.2) is 20.9 Å². The summed E-state index contributed by atoms with van der Waals surface area (Å²) in [5, 5.41) is 11.2. The van der Waals surface area contributed by atoms with E-state index in [9.17, 15) is 9.59 Å². The van der Waals surface area contributed by atoms with Crippen molar-refractivity contribution in [1.29, 1.82) is 0 Å². The molecule has 1 N–H and O–H groups in total. The fraction of sp³-hybridized carbons (Fsp3) is 0.222. The molecule has 1 amide bonds. The average Bonchev–Trinajstić information content (AvgIpc) is 2.63. The summed E-state index contributed by atoms with van der Waals surface area (Å²) >= 11 is 3.40. The van der Waals surface area contributed by atoms with Gasteiger partial charge in [-0.1, -0.05) is 52.3 Å². The van der Waals surface area contributed by atoms with Crippen LogP contribution in [0.15, 0.2) is 57.8 Å². The Morgan fingerprint density at radius 1 is 1.20 bits per heavy atom. The van der Waals surface area contributed by atoms with Crippen LogP contribution in [0, 0.1) is 0 Å². The monoisotopic (exact) mass is 400 g/mol. The van der Waals surface area contributed by atoms with Crippen LogP contribution in [0.2, 0.25) is 0 Å². The van der Waals surface area contributed by atoms with E-state index in [1.54, 1.807) is 24.3 Å². The number of halogens is 1. The molecule has 3 aromatic rings. The van der Waals surface area contributed by atoms with Crippen molar-refractivity contribution in [2.75, 3.05) is 0 Å². The molecule has 0 aliphatic rings. The molecule has 0 spiro atoms. The molecule has 1 heterocycles. The second-order valence-electron chi connectivity index (χ2n) is 5.65. The number of aromatic nitrogens is 3. The lowest BCUT2D eigenvalue weighted by Gasteiger charge is -2.17. The maximum atomic E-state index is 12.4. The highest BCUT2D eigenvalue weighted by Crippen LogP contribution is 2.19. The Balaban J connectivity index is 1.76. The number of nitrogens with zero attached hydrogens (tertiary/aromatic N) is 3. The fourth-order valence-electron chi connectivity index (χ4n) is 2.62. The van der Waals surface area contributed by atoms with Gasteiger partial charge in [0.05, 0.1) is 11.4 Å². The zero-order chi connectivity index (χ0) is 17.8. The third-order valence-corrected chi connectivity index (χ3v) is 4.47. The van der Waals surface area contributed by atoms with Crippen LogP contribution >= 0.6 is 15.9 Å². The van der Waals surface area contributed by atoms with Crippen LogP contribution in [0.25, 0.3) is 10.9 Å². The first-order valence-corrected chi connectivity index (χ1v) is 8.75. The second kappa shape index (κ2) is 7.57. The Kier molecular flexibility index (Phi) is 5.23. The lowest BCUT2D eigenvalue weighted by Crippen LogP contribution is -2.36. The van der Waals surface area contributed by atoms with Gasteiger partial charge in [-0.05, 0) is 36.2 Å². The van der Waals surface area contributed by atoms with Gasteiger partial charge in [0.1, 0.15) is 12.1 Å². The number of hydrogen-bond donors (Lipinski definition) is 1. The zero-order valence-corrected chi connectivity index (χ0v) is 15.2. The molecular formula is C18H17BrN4O2. The Hall–Kier alpha value is -2.54. The summed E-state index contributed by atoms with van der Waals surface area (Å²) < 4.78 is 2.07. The van der Waals surface area contributed by atoms with Crippen molar-refractivity contribution in [1.82, 2.24) is 20.3 Å². The number of amides is 1. The Morgan fingerprint density at radius 2 is 1.92 bits per heavy atom. The van der Waals surface area contributed by atoms with Crippen molar-refractivity contribution in [3.63, 3.8) is 0 Å². The molecule has 6 nitrogen and oxygen atoms in total. The zero-order valence-electron chi connectivity index (χ0n) is 13.6. The van der Waals surface area contributed by atoms with Crippen LogP contribution < -0.4 is 10.9 Å². The van der Waals surface area contributed by atoms with Gasteiger partial charge in [-0.3, -0.25) is 9.59 Å². The molecule has 0 saturated heterocycles. The molecule has 0 unspecified atom stereocenters.